The van der Waals surface area contributed by atoms with Gasteiger partial charge >= 0.3 is 0 Å². The molecule has 2 amide bonds. The average molecular weight is 553 g/mol. The first-order valence-electron chi connectivity index (χ1n) is 11.3. The van der Waals surface area contributed by atoms with E-state index in [1.807, 2.05) is 44.2 Å². The Bertz CT molecular complexity index is 1040. The molecule has 34 heavy (non-hydrogen) atoms. The van der Waals surface area contributed by atoms with Crippen molar-refractivity contribution in [3.05, 3.63) is 64.6 Å². The van der Waals surface area contributed by atoms with Crippen LogP contribution >= 0.6 is 15.9 Å². The van der Waals surface area contributed by atoms with Gasteiger partial charge in [-0.3, -0.25) is 13.9 Å². The molecule has 0 aromatic heterocycles. The van der Waals surface area contributed by atoms with Crippen LogP contribution in [-0.2, 0) is 26.2 Å². The highest BCUT2D eigenvalue weighted by Gasteiger charge is 2.26. The molecule has 1 N–H and O–H groups in total. The van der Waals surface area contributed by atoms with E-state index in [9.17, 15) is 18.0 Å². The Balaban J connectivity index is 2.13. The maximum atomic E-state index is 13.2. The number of sulfonamides is 1. The molecule has 0 unspecified atom stereocenters. The first kappa shape index (κ1) is 27.9. The Morgan fingerprint density at radius 3 is 2.18 bits per heavy atom. The maximum Gasteiger partial charge on any atom is 0.242 e. The molecular formula is C25H34BrN3O4S. The molecule has 0 bridgehead atoms. The fourth-order valence-electron chi connectivity index (χ4n) is 3.42. The molecule has 2 rings (SSSR count). The highest BCUT2D eigenvalue weighted by atomic mass is 79.9. The number of nitrogens with zero attached hydrogens (tertiary/aromatic N) is 2. The van der Waals surface area contributed by atoms with Crippen molar-refractivity contribution in [1.82, 2.24) is 10.2 Å². The second-order valence-electron chi connectivity index (χ2n) is 8.74. The molecule has 0 aliphatic rings. The summed E-state index contributed by atoms with van der Waals surface area (Å²) in [6.45, 7) is 6.74. The lowest BCUT2D eigenvalue weighted by atomic mass is 10.1. The van der Waals surface area contributed by atoms with Crippen molar-refractivity contribution in [2.45, 2.75) is 46.2 Å². The van der Waals surface area contributed by atoms with Gasteiger partial charge in [0.25, 0.3) is 0 Å². The lowest BCUT2D eigenvalue weighted by Crippen LogP contribution is -2.48. The van der Waals surface area contributed by atoms with Gasteiger partial charge < -0.3 is 10.2 Å². The summed E-state index contributed by atoms with van der Waals surface area (Å²) in [7, 11) is -3.49. The molecule has 9 heteroatoms. The Hall–Kier alpha value is -2.39. The van der Waals surface area contributed by atoms with Gasteiger partial charge in [-0.1, -0.05) is 60.1 Å². The molecule has 0 radical (unpaired) electrons. The quantitative estimate of drug-likeness (QED) is 0.428. The summed E-state index contributed by atoms with van der Waals surface area (Å²) < 4.78 is 26.8. The zero-order valence-electron chi connectivity index (χ0n) is 20.2. The molecule has 0 saturated heterocycles. The van der Waals surface area contributed by atoms with E-state index in [2.05, 4.69) is 21.2 Å². The number of amides is 2. The smallest absolute Gasteiger partial charge is 0.242 e. The molecule has 0 fully saturated rings. The summed E-state index contributed by atoms with van der Waals surface area (Å²) in [5, 5.41) is 2.90. The third-order valence-corrected chi connectivity index (χ3v) is 7.04. The first-order chi connectivity index (χ1) is 16.0. The van der Waals surface area contributed by atoms with Crippen molar-refractivity contribution < 1.29 is 18.0 Å². The minimum absolute atomic E-state index is 0.122. The number of hydrogen-bond acceptors (Lipinski definition) is 4. The van der Waals surface area contributed by atoms with Crippen molar-refractivity contribution in [3.63, 3.8) is 0 Å². The fourth-order valence-corrected chi connectivity index (χ4v) is 4.65. The van der Waals surface area contributed by atoms with Gasteiger partial charge in [-0.05, 0) is 49.1 Å². The maximum absolute atomic E-state index is 13.2. The van der Waals surface area contributed by atoms with Crippen LogP contribution in [0.5, 0.6) is 0 Å². The van der Waals surface area contributed by atoms with Crippen LogP contribution in [0.25, 0.3) is 0 Å². The van der Waals surface area contributed by atoms with Crippen molar-refractivity contribution >= 4 is 43.5 Å². The number of halogens is 1. The Morgan fingerprint density at radius 1 is 1.00 bits per heavy atom. The van der Waals surface area contributed by atoms with E-state index in [-0.39, 0.29) is 31.3 Å². The van der Waals surface area contributed by atoms with E-state index in [4.69, 9.17) is 0 Å². The topological polar surface area (TPSA) is 86.8 Å². The number of carbonyl (C=O) groups excluding carboxylic acids is 2. The molecule has 0 aliphatic heterocycles. The first-order valence-corrected chi connectivity index (χ1v) is 14.0. The van der Waals surface area contributed by atoms with Crippen LogP contribution in [-0.4, -0.2) is 50.5 Å². The standard InChI is InChI=1S/C25H34BrN3O4S/c1-19(2)17-27-25(31)20(3)28(18-21-12-14-22(26)15-13-21)24(30)11-8-16-29(34(4,32)33)23-9-6-5-7-10-23/h5-7,9-10,12-15,19-20H,8,11,16-18H2,1-4H3,(H,27,31)/t20-/m0/s1. The van der Waals surface area contributed by atoms with Crippen LogP contribution in [0.3, 0.4) is 0 Å². The normalized spacial score (nSPS) is 12.3. The van der Waals surface area contributed by atoms with Crippen molar-refractivity contribution in [1.29, 1.82) is 0 Å². The number of carbonyl (C=O) groups is 2. The highest BCUT2D eigenvalue weighted by molar-refractivity contribution is 9.10. The molecule has 1 atom stereocenters. The summed E-state index contributed by atoms with van der Waals surface area (Å²) in [5.41, 5.74) is 1.47. The Kier molecular flexibility index (Phi) is 10.6. The number of benzene rings is 2. The lowest BCUT2D eigenvalue weighted by Gasteiger charge is -2.29. The molecular weight excluding hydrogens is 518 g/mol. The van der Waals surface area contributed by atoms with Gasteiger partial charge in [0.2, 0.25) is 21.8 Å². The summed E-state index contributed by atoms with van der Waals surface area (Å²) in [5.74, 6) is -0.107. The van der Waals surface area contributed by atoms with E-state index in [1.54, 1.807) is 36.1 Å². The third kappa shape index (κ3) is 8.76. The predicted octanol–water partition coefficient (Wildman–Crippen LogP) is 4.18. The SMILES string of the molecule is CC(C)CNC(=O)[C@H](C)N(Cc1ccc(Br)cc1)C(=O)CCCN(c1ccccc1)S(C)(=O)=O. The molecule has 186 valence electrons. The number of hydrogen-bond donors (Lipinski definition) is 1. The Labute approximate surface area is 211 Å². The molecule has 7 nitrogen and oxygen atoms in total. The summed E-state index contributed by atoms with van der Waals surface area (Å²) >= 11 is 3.41. The van der Waals surface area contributed by atoms with Crippen LogP contribution in [0, 0.1) is 5.92 Å². The summed E-state index contributed by atoms with van der Waals surface area (Å²) in [6.07, 6.45) is 1.61. The molecule has 2 aromatic carbocycles. The zero-order valence-corrected chi connectivity index (χ0v) is 22.6. The number of nitrogens with one attached hydrogen (secondary N) is 1. The second-order valence-corrected chi connectivity index (χ2v) is 11.6. The highest BCUT2D eigenvalue weighted by Crippen LogP contribution is 2.19. The number of rotatable bonds is 12. The van der Waals surface area contributed by atoms with Gasteiger partial charge in [0.15, 0.2) is 0 Å². The molecule has 0 heterocycles. The summed E-state index contributed by atoms with van der Waals surface area (Å²) in [4.78, 5) is 27.5. The monoisotopic (exact) mass is 551 g/mol. The fraction of sp³-hybridized carbons (Fsp3) is 0.440. The van der Waals surface area contributed by atoms with Crippen molar-refractivity contribution in [2.24, 2.45) is 5.92 Å². The third-order valence-electron chi connectivity index (χ3n) is 5.31. The number of para-hydroxylation sites is 1. The van der Waals surface area contributed by atoms with E-state index >= 15 is 0 Å². The average Bonchev–Trinajstić information content (AvgIpc) is 2.79. The Morgan fingerprint density at radius 2 is 1.62 bits per heavy atom. The minimum atomic E-state index is -3.49. The molecule has 2 aromatic rings. The van der Waals surface area contributed by atoms with E-state index in [1.165, 1.54) is 4.31 Å². The van der Waals surface area contributed by atoms with Gasteiger partial charge in [-0.25, -0.2) is 8.42 Å². The van der Waals surface area contributed by atoms with Crippen LogP contribution < -0.4 is 9.62 Å². The van der Waals surface area contributed by atoms with Crippen LogP contribution in [0.15, 0.2) is 59.1 Å². The molecule has 0 spiro atoms. The van der Waals surface area contributed by atoms with Crippen LogP contribution in [0.1, 0.15) is 39.2 Å². The van der Waals surface area contributed by atoms with E-state index < -0.39 is 16.1 Å². The van der Waals surface area contributed by atoms with E-state index in [0.717, 1.165) is 16.3 Å². The summed E-state index contributed by atoms with van der Waals surface area (Å²) in [6, 6.07) is 15.8. The van der Waals surface area contributed by atoms with Crippen molar-refractivity contribution in [2.75, 3.05) is 23.7 Å². The largest absolute Gasteiger partial charge is 0.354 e. The molecule has 0 saturated carbocycles. The van der Waals surface area contributed by atoms with Gasteiger partial charge in [-0.15, -0.1) is 0 Å². The minimum Gasteiger partial charge on any atom is -0.354 e. The van der Waals surface area contributed by atoms with Gasteiger partial charge in [-0.2, -0.15) is 0 Å². The van der Waals surface area contributed by atoms with Crippen LogP contribution in [0.2, 0.25) is 0 Å². The van der Waals surface area contributed by atoms with Gasteiger partial charge in [0.05, 0.1) is 11.9 Å². The predicted molar refractivity (Wildman–Crippen MR) is 140 cm³/mol. The van der Waals surface area contributed by atoms with Gasteiger partial charge in [0, 0.05) is 30.5 Å². The van der Waals surface area contributed by atoms with Crippen molar-refractivity contribution in [3.8, 4) is 0 Å². The lowest BCUT2D eigenvalue weighted by molar-refractivity contribution is -0.140. The van der Waals surface area contributed by atoms with Crippen LogP contribution in [0.4, 0.5) is 5.69 Å². The zero-order chi connectivity index (χ0) is 25.3. The van der Waals surface area contributed by atoms with Gasteiger partial charge in [0.1, 0.15) is 6.04 Å². The number of anilines is 1. The second kappa shape index (κ2) is 12.9. The van der Waals surface area contributed by atoms with E-state index in [0.29, 0.717) is 24.6 Å². The molecule has 0 aliphatic carbocycles.